The monoisotopic (exact) mass is 357 g/mol. The van der Waals surface area contributed by atoms with Gasteiger partial charge in [0, 0.05) is 25.9 Å². The Hall–Kier alpha value is -2.73. The van der Waals surface area contributed by atoms with Crippen molar-refractivity contribution in [3.8, 4) is 0 Å². The van der Waals surface area contributed by atoms with E-state index < -0.39 is 12.1 Å². The highest BCUT2D eigenvalue weighted by molar-refractivity contribution is 5.87. The van der Waals surface area contributed by atoms with Crippen molar-refractivity contribution in [3.63, 3.8) is 0 Å². The lowest BCUT2D eigenvalue weighted by Crippen LogP contribution is -2.48. The number of carbonyl (C=O) groups is 2. The predicted molar refractivity (Wildman–Crippen MR) is 98.8 cm³/mol. The minimum atomic E-state index is -0.685. The molecule has 0 bridgehead atoms. The Morgan fingerprint density at radius 2 is 1.69 bits per heavy atom. The molecule has 4 N–H and O–H groups in total. The number of likely N-dealkylation sites (N-methyl/N-ethyl adjacent to an activating group) is 1. The van der Waals surface area contributed by atoms with Crippen molar-refractivity contribution < 1.29 is 14.0 Å². The van der Waals surface area contributed by atoms with E-state index in [-0.39, 0.29) is 30.5 Å². The van der Waals surface area contributed by atoms with Gasteiger partial charge in [-0.1, -0.05) is 48.5 Å². The molecule has 138 valence electrons. The molecular formula is C20H24FN3O2. The van der Waals surface area contributed by atoms with Crippen molar-refractivity contribution in [1.82, 2.24) is 10.6 Å². The summed E-state index contributed by atoms with van der Waals surface area (Å²) in [6, 6.07) is 14.6. The molecule has 0 unspecified atom stereocenters. The molecule has 0 aromatic heterocycles. The van der Waals surface area contributed by atoms with Crippen LogP contribution in [-0.4, -0.2) is 30.9 Å². The van der Waals surface area contributed by atoms with E-state index in [0.717, 1.165) is 5.56 Å². The molecule has 2 aromatic rings. The van der Waals surface area contributed by atoms with E-state index in [0.29, 0.717) is 12.0 Å². The molecule has 0 aliphatic carbocycles. The first kappa shape index (κ1) is 19.6. The van der Waals surface area contributed by atoms with E-state index in [2.05, 4.69) is 10.6 Å². The number of benzene rings is 2. The lowest BCUT2D eigenvalue weighted by molar-refractivity contribution is -0.128. The highest BCUT2D eigenvalue weighted by Gasteiger charge is 2.21. The Morgan fingerprint density at radius 3 is 2.35 bits per heavy atom. The number of nitrogens with two attached hydrogens (primary N) is 1. The van der Waals surface area contributed by atoms with Gasteiger partial charge in [0.2, 0.25) is 11.8 Å². The molecule has 0 fully saturated rings. The molecule has 2 amide bonds. The number of hydrogen-bond donors (Lipinski definition) is 3. The van der Waals surface area contributed by atoms with E-state index in [9.17, 15) is 14.0 Å². The van der Waals surface area contributed by atoms with Crippen LogP contribution in [0.4, 0.5) is 4.39 Å². The summed E-state index contributed by atoms with van der Waals surface area (Å²) in [4.78, 5) is 24.4. The van der Waals surface area contributed by atoms with Crippen LogP contribution in [-0.2, 0) is 22.4 Å². The number of amides is 2. The maximum atomic E-state index is 13.7. The smallest absolute Gasteiger partial charge is 0.242 e. The molecule has 2 aromatic carbocycles. The first-order valence-electron chi connectivity index (χ1n) is 8.53. The minimum Gasteiger partial charge on any atom is -0.357 e. The number of nitrogens with one attached hydrogen (secondary N) is 2. The molecule has 2 rings (SSSR count). The zero-order valence-electron chi connectivity index (χ0n) is 14.7. The first-order valence-corrected chi connectivity index (χ1v) is 8.53. The van der Waals surface area contributed by atoms with Gasteiger partial charge in [-0.15, -0.1) is 0 Å². The lowest BCUT2D eigenvalue weighted by atomic mass is 10.0. The fourth-order valence-corrected chi connectivity index (χ4v) is 2.74. The van der Waals surface area contributed by atoms with E-state index in [1.54, 1.807) is 18.2 Å². The van der Waals surface area contributed by atoms with Gasteiger partial charge in [0.1, 0.15) is 11.9 Å². The van der Waals surface area contributed by atoms with E-state index in [1.165, 1.54) is 13.1 Å². The molecule has 0 heterocycles. The second-order valence-corrected chi connectivity index (χ2v) is 6.18. The third kappa shape index (κ3) is 5.97. The Morgan fingerprint density at radius 1 is 1.04 bits per heavy atom. The predicted octanol–water partition coefficient (Wildman–Crippen LogP) is 1.56. The van der Waals surface area contributed by atoms with Gasteiger partial charge in [-0.25, -0.2) is 4.39 Å². The third-order valence-corrected chi connectivity index (χ3v) is 4.07. The topological polar surface area (TPSA) is 84.2 Å². The second kappa shape index (κ2) is 9.68. The molecule has 0 saturated carbocycles. The van der Waals surface area contributed by atoms with Gasteiger partial charge in [-0.3, -0.25) is 9.59 Å². The zero-order valence-corrected chi connectivity index (χ0v) is 14.7. The summed E-state index contributed by atoms with van der Waals surface area (Å²) in [5, 5.41) is 5.28. The van der Waals surface area contributed by atoms with Crippen molar-refractivity contribution >= 4 is 11.8 Å². The van der Waals surface area contributed by atoms with Gasteiger partial charge in [0.15, 0.2) is 0 Å². The SMILES string of the molecule is CNC(=O)[C@@H](Cc1ccccc1)NC(=O)C[C@H](N)Cc1ccccc1F. The molecule has 0 aliphatic heterocycles. The molecule has 0 saturated heterocycles. The average Bonchev–Trinajstić information content (AvgIpc) is 2.63. The minimum absolute atomic E-state index is 0.0105. The molecule has 0 aliphatic rings. The summed E-state index contributed by atoms with van der Waals surface area (Å²) in [5.41, 5.74) is 7.40. The largest absolute Gasteiger partial charge is 0.357 e. The Kier molecular flexibility index (Phi) is 7.29. The summed E-state index contributed by atoms with van der Waals surface area (Å²) in [6.45, 7) is 0. The standard InChI is InChI=1S/C20H24FN3O2/c1-23-20(26)18(11-14-7-3-2-4-8-14)24-19(25)13-16(22)12-15-9-5-6-10-17(15)21/h2-10,16,18H,11-13,22H2,1H3,(H,23,26)(H,24,25)/t16-,18-/m1/s1. The molecule has 5 nitrogen and oxygen atoms in total. The van der Waals surface area contributed by atoms with Crippen molar-refractivity contribution in [2.75, 3.05) is 7.05 Å². The van der Waals surface area contributed by atoms with Crippen LogP contribution in [0.25, 0.3) is 0 Å². The number of halogens is 1. The number of carbonyl (C=O) groups excluding carboxylic acids is 2. The molecule has 0 spiro atoms. The van der Waals surface area contributed by atoms with E-state index >= 15 is 0 Å². The molecule has 0 radical (unpaired) electrons. The van der Waals surface area contributed by atoms with Crippen LogP contribution in [0.5, 0.6) is 0 Å². The van der Waals surface area contributed by atoms with Crippen molar-refractivity contribution in [2.24, 2.45) is 5.73 Å². The van der Waals surface area contributed by atoms with E-state index in [1.807, 2.05) is 30.3 Å². The van der Waals surface area contributed by atoms with Gasteiger partial charge in [0.25, 0.3) is 0 Å². The average molecular weight is 357 g/mol. The van der Waals surface area contributed by atoms with Crippen molar-refractivity contribution in [3.05, 3.63) is 71.5 Å². The number of hydrogen-bond acceptors (Lipinski definition) is 3. The third-order valence-electron chi connectivity index (χ3n) is 4.07. The normalized spacial score (nSPS) is 12.9. The Balaban J connectivity index is 1.93. The second-order valence-electron chi connectivity index (χ2n) is 6.18. The quantitative estimate of drug-likeness (QED) is 0.670. The van der Waals surface area contributed by atoms with E-state index in [4.69, 9.17) is 5.73 Å². The summed E-state index contributed by atoms with van der Waals surface area (Å²) in [7, 11) is 1.52. The summed E-state index contributed by atoms with van der Waals surface area (Å²) < 4.78 is 13.7. The maximum absolute atomic E-state index is 13.7. The van der Waals surface area contributed by atoms with Crippen LogP contribution >= 0.6 is 0 Å². The molecule has 6 heteroatoms. The van der Waals surface area contributed by atoms with Crippen LogP contribution in [0.3, 0.4) is 0 Å². The van der Waals surface area contributed by atoms with Gasteiger partial charge in [0.05, 0.1) is 0 Å². The molecule has 26 heavy (non-hydrogen) atoms. The van der Waals surface area contributed by atoms with Crippen LogP contribution in [0.1, 0.15) is 17.5 Å². The van der Waals surface area contributed by atoms with Gasteiger partial charge in [-0.05, 0) is 23.6 Å². The van der Waals surface area contributed by atoms with Gasteiger partial charge in [-0.2, -0.15) is 0 Å². The molecule has 2 atom stereocenters. The van der Waals surface area contributed by atoms with Crippen LogP contribution < -0.4 is 16.4 Å². The fraction of sp³-hybridized carbons (Fsp3) is 0.300. The van der Waals surface area contributed by atoms with Gasteiger partial charge < -0.3 is 16.4 Å². The highest BCUT2D eigenvalue weighted by Crippen LogP contribution is 2.10. The summed E-state index contributed by atoms with van der Waals surface area (Å²) in [5.74, 6) is -0.945. The fourth-order valence-electron chi connectivity index (χ4n) is 2.74. The van der Waals surface area contributed by atoms with Crippen LogP contribution in [0.2, 0.25) is 0 Å². The molecular weight excluding hydrogens is 333 g/mol. The Bertz CT molecular complexity index is 737. The van der Waals surface area contributed by atoms with Crippen molar-refractivity contribution in [1.29, 1.82) is 0 Å². The Labute approximate surface area is 152 Å². The van der Waals surface area contributed by atoms with Crippen LogP contribution in [0, 0.1) is 5.82 Å². The lowest BCUT2D eigenvalue weighted by Gasteiger charge is -2.19. The van der Waals surface area contributed by atoms with Crippen LogP contribution in [0.15, 0.2) is 54.6 Å². The number of rotatable bonds is 8. The maximum Gasteiger partial charge on any atom is 0.242 e. The highest BCUT2D eigenvalue weighted by atomic mass is 19.1. The summed E-state index contributed by atoms with van der Waals surface area (Å²) >= 11 is 0. The van der Waals surface area contributed by atoms with Crippen molar-refractivity contribution in [2.45, 2.75) is 31.3 Å². The summed E-state index contributed by atoms with van der Waals surface area (Å²) in [6.07, 6.45) is 0.648. The zero-order chi connectivity index (χ0) is 18.9. The first-order chi connectivity index (χ1) is 12.5. The van der Waals surface area contributed by atoms with Gasteiger partial charge >= 0.3 is 0 Å².